The zero-order valence-corrected chi connectivity index (χ0v) is 13.5. The SMILES string of the molecule is NC(Cc1cc(Cl)cc2c1OCC2)c1cc(Cl)sc1Cl. The van der Waals surface area contributed by atoms with E-state index in [1.54, 1.807) is 0 Å². The lowest BCUT2D eigenvalue weighted by molar-refractivity contribution is 0.352. The summed E-state index contributed by atoms with van der Waals surface area (Å²) in [5.41, 5.74) is 9.29. The number of nitrogens with two attached hydrogens (primary N) is 1. The third-order valence-electron chi connectivity index (χ3n) is 3.35. The molecule has 0 amide bonds. The van der Waals surface area contributed by atoms with E-state index in [0.29, 0.717) is 26.7 Å². The third kappa shape index (κ3) is 2.78. The molecular formula is C14H12Cl3NOS. The predicted molar refractivity (Wildman–Crippen MR) is 85.6 cm³/mol. The molecule has 2 N–H and O–H groups in total. The van der Waals surface area contributed by atoms with Crippen LogP contribution in [-0.2, 0) is 12.8 Å². The number of hydrogen-bond donors (Lipinski definition) is 1. The molecular weight excluding hydrogens is 337 g/mol. The molecule has 0 spiro atoms. The summed E-state index contributed by atoms with van der Waals surface area (Å²) in [6.07, 6.45) is 1.51. The predicted octanol–water partition coefficient (Wildman–Crippen LogP) is 4.89. The maximum Gasteiger partial charge on any atom is 0.125 e. The molecule has 20 heavy (non-hydrogen) atoms. The van der Waals surface area contributed by atoms with Crippen molar-refractivity contribution in [3.8, 4) is 5.75 Å². The minimum atomic E-state index is -0.224. The van der Waals surface area contributed by atoms with Crippen molar-refractivity contribution < 1.29 is 4.74 Å². The van der Waals surface area contributed by atoms with Crippen molar-refractivity contribution in [3.63, 3.8) is 0 Å². The number of fused-ring (bicyclic) bond motifs is 1. The summed E-state index contributed by atoms with van der Waals surface area (Å²) in [6.45, 7) is 0.697. The highest BCUT2D eigenvalue weighted by atomic mass is 35.5. The monoisotopic (exact) mass is 347 g/mol. The summed E-state index contributed by atoms with van der Waals surface area (Å²) in [5.74, 6) is 0.919. The lowest BCUT2D eigenvalue weighted by Gasteiger charge is -2.14. The van der Waals surface area contributed by atoms with Gasteiger partial charge in [0.1, 0.15) is 5.75 Å². The smallest absolute Gasteiger partial charge is 0.125 e. The number of halogens is 3. The Balaban J connectivity index is 1.90. The maximum absolute atomic E-state index is 6.25. The average molecular weight is 349 g/mol. The van der Waals surface area contributed by atoms with Gasteiger partial charge in [0, 0.05) is 23.0 Å². The number of thiophene rings is 1. The van der Waals surface area contributed by atoms with E-state index in [4.69, 9.17) is 45.3 Å². The molecule has 1 aromatic heterocycles. The Morgan fingerprint density at radius 3 is 2.75 bits per heavy atom. The molecule has 2 nitrogen and oxygen atoms in total. The van der Waals surface area contributed by atoms with E-state index in [2.05, 4.69) is 0 Å². The molecule has 1 atom stereocenters. The highest BCUT2D eigenvalue weighted by molar-refractivity contribution is 7.20. The zero-order chi connectivity index (χ0) is 14.3. The topological polar surface area (TPSA) is 35.2 Å². The lowest BCUT2D eigenvalue weighted by atomic mass is 9.99. The van der Waals surface area contributed by atoms with Crippen LogP contribution in [0.1, 0.15) is 22.7 Å². The Morgan fingerprint density at radius 1 is 1.25 bits per heavy atom. The summed E-state index contributed by atoms with van der Waals surface area (Å²) >= 11 is 19.6. The molecule has 6 heteroatoms. The van der Waals surface area contributed by atoms with Crippen molar-refractivity contribution in [1.29, 1.82) is 0 Å². The minimum absolute atomic E-state index is 0.224. The third-order valence-corrected chi connectivity index (χ3v) is 5.08. The van der Waals surface area contributed by atoms with Crippen LogP contribution in [0.3, 0.4) is 0 Å². The van der Waals surface area contributed by atoms with Gasteiger partial charge in [-0.25, -0.2) is 0 Å². The minimum Gasteiger partial charge on any atom is -0.493 e. The summed E-state index contributed by atoms with van der Waals surface area (Å²) in [4.78, 5) is 0. The molecule has 1 aromatic carbocycles. The highest BCUT2D eigenvalue weighted by Gasteiger charge is 2.21. The van der Waals surface area contributed by atoms with Crippen LogP contribution in [0.25, 0.3) is 0 Å². The summed E-state index contributed by atoms with van der Waals surface area (Å²) in [7, 11) is 0. The van der Waals surface area contributed by atoms with Crippen LogP contribution in [0.5, 0.6) is 5.75 Å². The molecule has 106 valence electrons. The van der Waals surface area contributed by atoms with Crippen LogP contribution in [-0.4, -0.2) is 6.61 Å². The second-order valence-corrected chi connectivity index (χ2v) is 7.46. The number of hydrogen-bond acceptors (Lipinski definition) is 3. The van der Waals surface area contributed by atoms with Gasteiger partial charge < -0.3 is 10.5 Å². The maximum atomic E-state index is 6.25. The van der Waals surface area contributed by atoms with Gasteiger partial charge in [-0.2, -0.15) is 0 Å². The van der Waals surface area contributed by atoms with Crippen molar-refractivity contribution in [2.24, 2.45) is 5.73 Å². The fourth-order valence-electron chi connectivity index (χ4n) is 2.45. The molecule has 0 fully saturated rings. The molecule has 1 aliphatic heterocycles. The second kappa shape index (κ2) is 5.74. The Kier molecular flexibility index (Phi) is 4.16. The van der Waals surface area contributed by atoms with Gasteiger partial charge in [-0.1, -0.05) is 34.8 Å². The van der Waals surface area contributed by atoms with Crippen LogP contribution < -0.4 is 10.5 Å². The van der Waals surface area contributed by atoms with Gasteiger partial charge in [0.15, 0.2) is 0 Å². The van der Waals surface area contributed by atoms with Crippen LogP contribution in [0.2, 0.25) is 13.7 Å². The molecule has 0 aliphatic carbocycles. The molecule has 2 heterocycles. The van der Waals surface area contributed by atoms with E-state index in [9.17, 15) is 0 Å². The van der Waals surface area contributed by atoms with Gasteiger partial charge in [0.25, 0.3) is 0 Å². The Labute approximate surface area is 136 Å². The van der Waals surface area contributed by atoms with Gasteiger partial charge in [0.05, 0.1) is 15.3 Å². The molecule has 0 radical (unpaired) electrons. The molecule has 2 aromatic rings. The van der Waals surface area contributed by atoms with E-state index in [0.717, 1.165) is 28.9 Å². The van der Waals surface area contributed by atoms with Gasteiger partial charge >= 0.3 is 0 Å². The summed E-state index contributed by atoms with van der Waals surface area (Å²) in [5, 5.41) is 0.714. The van der Waals surface area contributed by atoms with Crippen molar-refractivity contribution in [2.75, 3.05) is 6.61 Å². The number of benzene rings is 1. The number of rotatable bonds is 3. The van der Waals surface area contributed by atoms with Crippen molar-refractivity contribution in [2.45, 2.75) is 18.9 Å². The quantitative estimate of drug-likeness (QED) is 0.857. The van der Waals surface area contributed by atoms with Crippen LogP contribution >= 0.6 is 46.1 Å². The van der Waals surface area contributed by atoms with Crippen LogP contribution in [0, 0.1) is 0 Å². The fourth-order valence-corrected chi connectivity index (χ4v) is 4.31. The van der Waals surface area contributed by atoms with E-state index >= 15 is 0 Å². The Hall–Kier alpha value is -0.450. The first-order chi connectivity index (χ1) is 9.54. The second-order valence-electron chi connectivity index (χ2n) is 4.74. The standard InChI is InChI=1S/C14H12Cl3NOS/c15-9-3-7-1-2-19-13(7)8(4-9)5-11(18)10-6-12(16)20-14(10)17/h3-4,6,11H,1-2,5,18H2. The lowest BCUT2D eigenvalue weighted by Crippen LogP contribution is -2.13. The fraction of sp³-hybridized carbons (Fsp3) is 0.286. The Bertz CT molecular complexity index is 656. The van der Waals surface area contributed by atoms with Gasteiger partial charge in [0.2, 0.25) is 0 Å². The van der Waals surface area contributed by atoms with Crippen LogP contribution in [0.4, 0.5) is 0 Å². The van der Waals surface area contributed by atoms with Gasteiger partial charge in [-0.05, 0) is 35.7 Å². The van der Waals surface area contributed by atoms with E-state index in [-0.39, 0.29) is 6.04 Å². The first-order valence-corrected chi connectivity index (χ1v) is 8.14. The zero-order valence-electron chi connectivity index (χ0n) is 10.5. The van der Waals surface area contributed by atoms with E-state index < -0.39 is 0 Å². The number of ether oxygens (including phenoxy) is 1. The first-order valence-electron chi connectivity index (χ1n) is 6.19. The molecule has 0 saturated carbocycles. The summed E-state index contributed by atoms with van der Waals surface area (Å²) < 4.78 is 6.97. The van der Waals surface area contributed by atoms with E-state index in [1.165, 1.54) is 11.3 Å². The van der Waals surface area contributed by atoms with Gasteiger partial charge in [-0.15, -0.1) is 11.3 Å². The largest absolute Gasteiger partial charge is 0.493 e. The van der Waals surface area contributed by atoms with Crippen LogP contribution in [0.15, 0.2) is 18.2 Å². The van der Waals surface area contributed by atoms with E-state index in [1.807, 2.05) is 18.2 Å². The molecule has 0 bridgehead atoms. The first kappa shape index (κ1) is 14.5. The molecule has 1 aliphatic rings. The average Bonchev–Trinajstić information content (AvgIpc) is 2.95. The van der Waals surface area contributed by atoms with Gasteiger partial charge in [-0.3, -0.25) is 0 Å². The molecule has 1 unspecified atom stereocenters. The highest BCUT2D eigenvalue weighted by Crippen LogP contribution is 2.38. The Morgan fingerprint density at radius 2 is 2.05 bits per heavy atom. The summed E-state index contributed by atoms with van der Waals surface area (Å²) in [6, 6.07) is 5.46. The molecule has 3 rings (SSSR count). The van der Waals surface area contributed by atoms with Crippen molar-refractivity contribution in [1.82, 2.24) is 0 Å². The molecule has 0 saturated heterocycles. The van der Waals surface area contributed by atoms with Crippen molar-refractivity contribution >= 4 is 46.1 Å². The normalized spacial score (nSPS) is 15.0. The van der Waals surface area contributed by atoms with Crippen molar-refractivity contribution in [3.05, 3.63) is 48.6 Å².